The van der Waals surface area contributed by atoms with Gasteiger partial charge in [-0.1, -0.05) is 26.0 Å². The fraction of sp³-hybridized carbons (Fsp3) is 0.600. The Morgan fingerprint density at radius 3 is 2.58 bits per heavy atom. The van der Waals surface area contributed by atoms with Gasteiger partial charge in [0, 0.05) is 18.2 Å². The van der Waals surface area contributed by atoms with Crippen LogP contribution in [0.1, 0.15) is 38.7 Å². The van der Waals surface area contributed by atoms with Gasteiger partial charge in [-0.3, -0.25) is 10.1 Å². The Morgan fingerprint density at radius 1 is 1.37 bits per heavy atom. The Hall–Kier alpha value is -1.42. The van der Waals surface area contributed by atoms with E-state index >= 15 is 0 Å². The third-order valence-corrected chi connectivity index (χ3v) is 3.96. The van der Waals surface area contributed by atoms with Gasteiger partial charge in [-0.2, -0.15) is 0 Å². The highest BCUT2D eigenvalue weighted by Crippen LogP contribution is 2.36. The van der Waals surface area contributed by atoms with E-state index in [-0.39, 0.29) is 10.6 Å². The lowest BCUT2D eigenvalue weighted by Gasteiger charge is -2.17. The smallest absolute Gasteiger partial charge is 0.269 e. The summed E-state index contributed by atoms with van der Waals surface area (Å²) in [6, 6.07) is 7.48. The van der Waals surface area contributed by atoms with Crippen LogP contribution in [0.25, 0.3) is 0 Å². The number of non-ortho nitro benzene ring substituents is 1. The van der Waals surface area contributed by atoms with Crippen molar-refractivity contribution in [3.63, 3.8) is 0 Å². The molecule has 19 heavy (non-hydrogen) atoms. The fourth-order valence-corrected chi connectivity index (χ4v) is 2.82. The molecular formula is C15H22N2O2. The summed E-state index contributed by atoms with van der Waals surface area (Å²) in [5.74, 6) is 0. The van der Waals surface area contributed by atoms with E-state index in [1.807, 2.05) is 12.1 Å². The Balaban J connectivity index is 1.75. The molecule has 1 N–H and O–H groups in total. The second-order valence-electron chi connectivity index (χ2n) is 6.23. The van der Waals surface area contributed by atoms with Crippen LogP contribution in [0.4, 0.5) is 5.69 Å². The summed E-state index contributed by atoms with van der Waals surface area (Å²) >= 11 is 0. The molecule has 0 saturated heterocycles. The van der Waals surface area contributed by atoms with Crippen LogP contribution in [0, 0.1) is 15.5 Å². The van der Waals surface area contributed by atoms with Crippen LogP contribution < -0.4 is 5.32 Å². The summed E-state index contributed by atoms with van der Waals surface area (Å²) < 4.78 is 0. The maximum atomic E-state index is 10.6. The second kappa shape index (κ2) is 5.70. The van der Waals surface area contributed by atoms with Crippen molar-refractivity contribution in [3.8, 4) is 0 Å². The maximum absolute atomic E-state index is 10.6. The van der Waals surface area contributed by atoms with E-state index in [1.165, 1.54) is 19.3 Å². The summed E-state index contributed by atoms with van der Waals surface area (Å²) in [6.45, 7) is 5.59. The lowest BCUT2D eigenvalue weighted by Crippen LogP contribution is -2.29. The maximum Gasteiger partial charge on any atom is 0.269 e. The summed E-state index contributed by atoms with van der Waals surface area (Å²) in [5.41, 5.74) is 1.79. The van der Waals surface area contributed by atoms with Crippen LogP contribution in [-0.2, 0) is 6.42 Å². The monoisotopic (exact) mass is 262 g/mol. The second-order valence-corrected chi connectivity index (χ2v) is 6.23. The van der Waals surface area contributed by atoms with Crippen LogP contribution >= 0.6 is 0 Å². The third-order valence-electron chi connectivity index (χ3n) is 3.96. The summed E-state index contributed by atoms with van der Waals surface area (Å²) in [4.78, 5) is 10.2. The van der Waals surface area contributed by atoms with E-state index in [2.05, 4.69) is 19.2 Å². The predicted molar refractivity (Wildman–Crippen MR) is 76.2 cm³/mol. The van der Waals surface area contributed by atoms with Crippen LogP contribution in [0.15, 0.2) is 24.3 Å². The van der Waals surface area contributed by atoms with Gasteiger partial charge in [0.15, 0.2) is 0 Å². The number of nitro groups is 1. The number of nitrogens with zero attached hydrogens (tertiary/aromatic N) is 1. The normalized spacial score (nSPS) is 21.5. The first-order valence-corrected chi connectivity index (χ1v) is 6.93. The Bertz CT molecular complexity index is 440. The Kier molecular flexibility index (Phi) is 4.20. The number of rotatable bonds is 5. The van der Waals surface area contributed by atoms with Crippen LogP contribution in [-0.4, -0.2) is 17.5 Å². The molecule has 0 amide bonds. The third kappa shape index (κ3) is 4.03. The molecule has 1 aromatic rings. The minimum atomic E-state index is -0.358. The Labute approximate surface area is 114 Å². The minimum absolute atomic E-state index is 0.161. The molecule has 1 aliphatic rings. The first kappa shape index (κ1) is 14.0. The summed E-state index contributed by atoms with van der Waals surface area (Å²) in [5, 5.41) is 14.1. The molecule has 104 valence electrons. The molecule has 2 rings (SSSR count). The number of hydrogen-bond acceptors (Lipinski definition) is 3. The van der Waals surface area contributed by atoms with Crippen molar-refractivity contribution >= 4 is 5.69 Å². The SMILES string of the molecule is CC1(C)CCC(NCCc2ccc([N+](=O)[O-])cc2)C1. The first-order valence-electron chi connectivity index (χ1n) is 6.93. The molecular weight excluding hydrogens is 240 g/mol. The number of hydrogen-bond donors (Lipinski definition) is 1. The average molecular weight is 262 g/mol. The highest BCUT2D eigenvalue weighted by molar-refractivity contribution is 5.32. The number of nitrogens with one attached hydrogen (secondary N) is 1. The average Bonchev–Trinajstić information content (AvgIpc) is 2.69. The zero-order chi connectivity index (χ0) is 13.9. The molecule has 1 saturated carbocycles. The van der Waals surface area contributed by atoms with Crippen LogP contribution in [0.5, 0.6) is 0 Å². The molecule has 0 heterocycles. The van der Waals surface area contributed by atoms with E-state index < -0.39 is 0 Å². The van der Waals surface area contributed by atoms with Crippen molar-refractivity contribution < 1.29 is 4.92 Å². The van der Waals surface area contributed by atoms with Gasteiger partial charge in [0.25, 0.3) is 5.69 Å². The first-order chi connectivity index (χ1) is 8.96. The summed E-state index contributed by atoms with van der Waals surface area (Å²) in [7, 11) is 0. The molecule has 0 spiro atoms. The van der Waals surface area contributed by atoms with Gasteiger partial charge in [-0.15, -0.1) is 0 Å². The number of benzene rings is 1. The highest BCUT2D eigenvalue weighted by Gasteiger charge is 2.30. The van der Waals surface area contributed by atoms with Crippen LogP contribution in [0.3, 0.4) is 0 Å². The molecule has 1 fully saturated rings. The lowest BCUT2D eigenvalue weighted by molar-refractivity contribution is -0.384. The molecule has 4 nitrogen and oxygen atoms in total. The quantitative estimate of drug-likeness (QED) is 0.654. The van der Waals surface area contributed by atoms with Gasteiger partial charge < -0.3 is 5.32 Å². The van der Waals surface area contributed by atoms with Gasteiger partial charge in [0.05, 0.1) is 4.92 Å². The van der Waals surface area contributed by atoms with Gasteiger partial charge in [0.1, 0.15) is 0 Å². The Morgan fingerprint density at radius 2 is 2.05 bits per heavy atom. The number of nitro benzene ring substituents is 1. The lowest BCUT2D eigenvalue weighted by atomic mass is 9.92. The van der Waals surface area contributed by atoms with Crippen molar-refractivity contribution in [2.24, 2.45) is 5.41 Å². The van der Waals surface area contributed by atoms with Crippen molar-refractivity contribution in [2.75, 3.05) is 6.54 Å². The topological polar surface area (TPSA) is 55.2 Å². The van der Waals surface area contributed by atoms with E-state index in [1.54, 1.807) is 12.1 Å². The van der Waals surface area contributed by atoms with E-state index in [9.17, 15) is 10.1 Å². The molecule has 4 heteroatoms. The van der Waals surface area contributed by atoms with E-state index in [0.29, 0.717) is 11.5 Å². The zero-order valence-electron chi connectivity index (χ0n) is 11.7. The predicted octanol–water partition coefficient (Wildman–Crippen LogP) is 3.31. The van der Waals surface area contributed by atoms with Crippen molar-refractivity contribution in [2.45, 2.75) is 45.6 Å². The molecule has 1 aliphatic carbocycles. The fourth-order valence-electron chi connectivity index (χ4n) is 2.82. The molecule has 0 aromatic heterocycles. The highest BCUT2D eigenvalue weighted by atomic mass is 16.6. The van der Waals surface area contributed by atoms with Crippen molar-refractivity contribution in [1.82, 2.24) is 5.32 Å². The van der Waals surface area contributed by atoms with Crippen LogP contribution in [0.2, 0.25) is 0 Å². The summed E-state index contributed by atoms with van der Waals surface area (Å²) in [6.07, 6.45) is 4.72. The largest absolute Gasteiger partial charge is 0.314 e. The molecule has 1 unspecified atom stereocenters. The minimum Gasteiger partial charge on any atom is -0.314 e. The van der Waals surface area contributed by atoms with Crippen molar-refractivity contribution in [1.29, 1.82) is 0 Å². The van der Waals surface area contributed by atoms with Gasteiger partial charge in [-0.25, -0.2) is 0 Å². The van der Waals surface area contributed by atoms with Gasteiger partial charge in [0.2, 0.25) is 0 Å². The van der Waals surface area contributed by atoms with E-state index in [4.69, 9.17) is 0 Å². The van der Waals surface area contributed by atoms with Gasteiger partial charge >= 0.3 is 0 Å². The molecule has 0 bridgehead atoms. The molecule has 1 atom stereocenters. The zero-order valence-corrected chi connectivity index (χ0v) is 11.7. The standard InChI is InChI=1S/C15H22N2O2/c1-15(2)9-7-13(11-15)16-10-8-12-3-5-14(6-4-12)17(18)19/h3-6,13,16H,7-11H2,1-2H3. The molecule has 1 aromatic carbocycles. The van der Waals surface area contributed by atoms with Crippen molar-refractivity contribution in [3.05, 3.63) is 39.9 Å². The van der Waals surface area contributed by atoms with Gasteiger partial charge in [-0.05, 0) is 43.2 Å². The molecule has 0 aliphatic heterocycles. The molecule has 0 radical (unpaired) electrons. The van der Waals surface area contributed by atoms with E-state index in [0.717, 1.165) is 18.5 Å².